The molecule has 1 unspecified atom stereocenters. The van der Waals surface area contributed by atoms with Crippen LogP contribution in [-0.2, 0) is 4.74 Å². The average molecular weight is 424 g/mol. The summed E-state index contributed by atoms with van der Waals surface area (Å²) < 4.78 is 7.82. The second-order valence-corrected chi connectivity index (χ2v) is 7.04. The van der Waals surface area contributed by atoms with E-state index in [0.29, 0.717) is 11.1 Å². The van der Waals surface area contributed by atoms with Gasteiger partial charge >= 0.3 is 5.69 Å². The molecule has 0 bridgehead atoms. The molecule has 2 heterocycles. The highest BCUT2D eigenvalue weighted by atomic mass is 79.9. The molecule has 1 aliphatic heterocycles. The molecule has 3 rings (SSSR count). The lowest BCUT2D eigenvalue weighted by molar-refractivity contribution is -0.0187. The van der Waals surface area contributed by atoms with Crippen LogP contribution in [-0.4, -0.2) is 39.3 Å². The van der Waals surface area contributed by atoms with E-state index in [4.69, 9.17) is 4.74 Å². The molecule has 1 aromatic carbocycles. The average Bonchev–Trinajstić information content (AvgIpc) is 2.97. The molecule has 1 amide bonds. The molecule has 1 fully saturated rings. The predicted molar refractivity (Wildman–Crippen MR) is 97.1 cm³/mol. The Morgan fingerprint density at radius 2 is 2.08 bits per heavy atom. The summed E-state index contributed by atoms with van der Waals surface area (Å²) >= 11 is 3.30. The standard InChI is InChI=1S/C17H18BrN3O5/c1-9-8-21(17(25)20-15(9)23)14-6-12(22)13(26-14)7-19-16(24)10-2-4-11(18)5-3-10/h2-5,8,12-14,22H,6-7H2,1H3,(H,19,24)(H,20,23,25)/t12?,13-,14-/m1/s1. The number of H-pyrrole nitrogens is 1. The van der Waals surface area contributed by atoms with Gasteiger partial charge in [0.25, 0.3) is 11.5 Å². The van der Waals surface area contributed by atoms with Gasteiger partial charge in [-0.25, -0.2) is 4.79 Å². The molecule has 8 nitrogen and oxygen atoms in total. The van der Waals surface area contributed by atoms with Crippen LogP contribution in [0, 0.1) is 6.92 Å². The zero-order valence-electron chi connectivity index (χ0n) is 13.9. The zero-order chi connectivity index (χ0) is 18.8. The van der Waals surface area contributed by atoms with Gasteiger partial charge in [-0.05, 0) is 31.2 Å². The molecule has 3 atom stereocenters. The third kappa shape index (κ3) is 3.95. The number of rotatable bonds is 4. The van der Waals surface area contributed by atoms with Crippen molar-refractivity contribution in [3.8, 4) is 0 Å². The number of benzene rings is 1. The first-order valence-corrected chi connectivity index (χ1v) is 8.84. The highest BCUT2D eigenvalue weighted by Gasteiger charge is 2.35. The number of carbonyl (C=O) groups excluding carboxylic acids is 1. The van der Waals surface area contributed by atoms with Gasteiger partial charge < -0.3 is 15.2 Å². The molecule has 9 heteroatoms. The van der Waals surface area contributed by atoms with Gasteiger partial charge in [-0.2, -0.15) is 0 Å². The number of aryl methyl sites for hydroxylation is 1. The Balaban J connectivity index is 1.65. The predicted octanol–water partition coefficient (Wildman–Crippen LogP) is 0.686. The number of hydrogen-bond donors (Lipinski definition) is 3. The Labute approximate surface area is 156 Å². The lowest BCUT2D eigenvalue weighted by atomic mass is 10.1. The Bertz CT molecular complexity index is 921. The summed E-state index contributed by atoms with van der Waals surface area (Å²) in [6.45, 7) is 1.68. The van der Waals surface area contributed by atoms with Gasteiger partial charge in [-0.1, -0.05) is 15.9 Å². The van der Waals surface area contributed by atoms with Crippen LogP contribution in [0.1, 0.15) is 28.6 Å². The Morgan fingerprint density at radius 3 is 2.77 bits per heavy atom. The van der Waals surface area contributed by atoms with Crippen molar-refractivity contribution in [1.29, 1.82) is 0 Å². The fourth-order valence-electron chi connectivity index (χ4n) is 2.77. The number of amides is 1. The maximum Gasteiger partial charge on any atom is 0.330 e. The third-order valence-corrected chi connectivity index (χ3v) is 4.76. The first-order chi connectivity index (χ1) is 12.3. The lowest BCUT2D eigenvalue weighted by Crippen LogP contribution is -2.37. The van der Waals surface area contributed by atoms with Crippen molar-refractivity contribution in [2.24, 2.45) is 0 Å². The van der Waals surface area contributed by atoms with Crippen LogP contribution in [0.3, 0.4) is 0 Å². The van der Waals surface area contributed by atoms with Gasteiger partial charge in [0.2, 0.25) is 0 Å². The smallest absolute Gasteiger partial charge is 0.330 e. The summed E-state index contributed by atoms with van der Waals surface area (Å²) in [5, 5.41) is 12.9. The first-order valence-electron chi connectivity index (χ1n) is 8.04. The van der Waals surface area contributed by atoms with Crippen LogP contribution in [0.2, 0.25) is 0 Å². The number of aliphatic hydroxyl groups excluding tert-OH is 1. The summed E-state index contributed by atoms with van der Waals surface area (Å²) in [7, 11) is 0. The second kappa shape index (κ2) is 7.56. The molecule has 0 spiro atoms. The topological polar surface area (TPSA) is 113 Å². The second-order valence-electron chi connectivity index (χ2n) is 6.13. The van der Waals surface area contributed by atoms with Gasteiger partial charge in [0, 0.05) is 34.8 Å². The molecular formula is C17H18BrN3O5. The molecule has 0 aliphatic carbocycles. The maximum absolute atomic E-state index is 12.1. The highest BCUT2D eigenvalue weighted by Crippen LogP contribution is 2.27. The molecule has 2 aromatic rings. The number of aromatic nitrogens is 2. The summed E-state index contributed by atoms with van der Waals surface area (Å²) in [6.07, 6.45) is -0.614. The van der Waals surface area contributed by atoms with E-state index >= 15 is 0 Å². The number of nitrogens with one attached hydrogen (secondary N) is 2. The minimum atomic E-state index is -0.843. The Kier molecular flexibility index (Phi) is 5.40. The molecule has 1 aliphatic rings. The number of carbonyl (C=O) groups is 1. The fraction of sp³-hybridized carbons (Fsp3) is 0.353. The van der Waals surface area contributed by atoms with Crippen molar-refractivity contribution in [3.05, 3.63) is 66.9 Å². The molecule has 138 valence electrons. The molecule has 3 N–H and O–H groups in total. The minimum absolute atomic E-state index is 0.101. The monoisotopic (exact) mass is 423 g/mol. The fourth-order valence-corrected chi connectivity index (χ4v) is 3.03. The number of aliphatic hydroxyl groups is 1. The number of aromatic amines is 1. The van der Waals surface area contributed by atoms with Gasteiger partial charge in [0.05, 0.1) is 6.10 Å². The van der Waals surface area contributed by atoms with Crippen molar-refractivity contribution in [3.63, 3.8) is 0 Å². The number of ether oxygens (including phenoxy) is 1. The van der Waals surface area contributed by atoms with Crippen molar-refractivity contribution in [1.82, 2.24) is 14.9 Å². The van der Waals surface area contributed by atoms with E-state index in [-0.39, 0.29) is 18.9 Å². The summed E-state index contributed by atoms with van der Waals surface area (Å²) in [5.41, 5.74) is -0.195. The van der Waals surface area contributed by atoms with E-state index in [9.17, 15) is 19.5 Å². The van der Waals surface area contributed by atoms with Crippen LogP contribution < -0.4 is 16.6 Å². The number of hydrogen-bond acceptors (Lipinski definition) is 5. The van der Waals surface area contributed by atoms with Gasteiger partial charge in [0.1, 0.15) is 12.3 Å². The first kappa shape index (κ1) is 18.6. The molecule has 0 saturated carbocycles. The minimum Gasteiger partial charge on any atom is -0.390 e. The van der Waals surface area contributed by atoms with Gasteiger partial charge in [0.15, 0.2) is 0 Å². The van der Waals surface area contributed by atoms with Crippen LogP contribution >= 0.6 is 15.9 Å². The molecule has 1 saturated heterocycles. The van der Waals surface area contributed by atoms with Gasteiger partial charge in [-0.3, -0.25) is 19.1 Å². The highest BCUT2D eigenvalue weighted by molar-refractivity contribution is 9.10. The Morgan fingerprint density at radius 1 is 1.38 bits per heavy atom. The quantitative estimate of drug-likeness (QED) is 0.669. The zero-order valence-corrected chi connectivity index (χ0v) is 15.5. The van der Waals surface area contributed by atoms with Crippen LogP contribution in [0.4, 0.5) is 0 Å². The van der Waals surface area contributed by atoms with E-state index in [1.807, 2.05) is 0 Å². The maximum atomic E-state index is 12.1. The number of halogens is 1. The van der Waals surface area contributed by atoms with E-state index in [1.165, 1.54) is 10.8 Å². The third-order valence-electron chi connectivity index (χ3n) is 4.23. The lowest BCUT2D eigenvalue weighted by Gasteiger charge is -2.17. The summed E-state index contributed by atoms with van der Waals surface area (Å²) in [4.78, 5) is 37.8. The summed E-state index contributed by atoms with van der Waals surface area (Å²) in [6, 6.07) is 6.88. The molecule has 26 heavy (non-hydrogen) atoms. The molecular weight excluding hydrogens is 406 g/mol. The number of nitrogens with zero attached hydrogens (tertiary/aromatic N) is 1. The SMILES string of the molecule is Cc1cn([C@H]2CC(O)[C@@H](CNC(=O)c3ccc(Br)cc3)O2)c(=O)[nH]c1=O. The van der Waals surface area contributed by atoms with Crippen molar-refractivity contribution in [2.75, 3.05) is 6.54 Å². The normalized spacial score (nSPS) is 22.3. The van der Waals surface area contributed by atoms with E-state index in [1.54, 1.807) is 31.2 Å². The Hall–Kier alpha value is -2.23. The molecule has 0 radical (unpaired) electrons. The van der Waals surface area contributed by atoms with E-state index in [0.717, 1.165) is 4.47 Å². The van der Waals surface area contributed by atoms with Crippen molar-refractivity contribution >= 4 is 21.8 Å². The molecule has 1 aromatic heterocycles. The van der Waals surface area contributed by atoms with Crippen molar-refractivity contribution in [2.45, 2.75) is 31.8 Å². The summed E-state index contributed by atoms with van der Waals surface area (Å²) in [5.74, 6) is -0.284. The van der Waals surface area contributed by atoms with Gasteiger partial charge in [-0.15, -0.1) is 0 Å². The van der Waals surface area contributed by atoms with E-state index < -0.39 is 29.7 Å². The van der Waals surface area contributed by atoms with E-state index in [2.05, 4.69) is 26.2 Å². The van der Waals surface area contributed by atoms with Crippen LogP contribution in [0.5, 0.6) is 0 Å². The van der Waals surface area contributed by atoms with Crippen LogP contribution in [0.25, 0.3) is 0 Å². The largest absolute Gasteiger partial charge is 0.390 e. The van der Waals surface area contributed by atoms with Crippen molar-refractivity contribution < 1.29 is 14.6 Å². The van der Waals surface area contributed by atoms with Crippen LogP contribution in [0.15, 0.2) is 44.5 Å².